The lowest BCUT2D eigenvalue weighted by Gasteiger charge is -2.23. The predicted molar refractivity (Wildman–Crippen MR) is 64.0 cm³/mol. The summed E-state index contributed by atoms with van der Waals surface area (Å²) in [7, 11) is 0. The van der Waals surface area contributed by atoms with Gasteiger partial charge < -0.3 is 5.73 Å². The Morgan fingerprint density at radius 1 is 1.25 bits per heavy atom. The molecule has 1 aliphatic rings. The van der Waals surface area contributed by atoms with Crippen LogP contribution in [0.3, 0.4) is 0 Å². The van der Waals surface area contributed by atoms with E-state index >= 15 is 0 Å². The van der Waals surface area contributed by atoms with Crippen LogP contribution >= 0.6 is 0 Å². The Balaban J connectivity index is 2.27. The van der Waals surface area contributed by atoms with Crippen LogP contribution in [0.2, 0.25) is 0 Å². The molecule has 3 heteroatoms. The zero-order chi connectivity index (χ0) is 11.1. The largest absolute Gasteiger partial charge is 0.382 e. The summed E-state index contributed by atoms with van der Waals surface area (Å²) in [6.45, 7) is 2.23. The quantitative estimate of drug-likeness (QED) is 0.728. The highest BCUT2D eigenvalue weighted by atomic mass is 15.1. The molecule has 0 amide bonds. The average molecular weight is 211 g/mol. The summed E-state index contributed by atoms with van der Waals surface area (Å²) >= 11 is 0. The van der Waals surface area contributed by atoms with E-state index in [9.17, 15) is 0 Å². The van der Waals surface area contributed by atoms with Crippen LogP contribution < -0.4 is 5.73 Å². The summed E-state index contributed by atoms with van der Waals surface area (Å²) < 4.78 is 0. The van der Waals surface area contributed by atoms with Gasteiger partial charge in [0.2, 0.25) is 0 Å². The van der Waals surface area contributed by atoms with Gasteiger partial charge in [-0.25, -0.2) is 0 Å². The van der Waals surface area contributed by atoms with Crippen LogP contribution in [0.5, 0.6) is 0 Å². The Morgan fingerprint density at radius 2 is 2.06 bits per heavy atom. The summed E-state index contributed by atoms with van der Waals surface area (Å²) in [5.74, 6) is 1.03. The monoisotopic (exact) mass is 211 g/mol. The first-order valence-electron chi connectivity index (χ1n) is 5.47. The van der Waals surface area contributed by atoms with Crippen molar-refractivity contribution in [3.8, 4) is 11.3 Å². The maximum absolute atomic E-state index is 5.67. The van der Waals surface area contributed by atoms with Crippen molar-refractivity contribution < 1.29 is 0 Å². The second-order valence-corrected chi connectivity index (χ2v) is 4.34. The molecule has 0 saturated heterocycles. The van der Waals surface area contributed by atoms with Gasteiger partial charge in [0, 0.05) is 5.56 Å². The SMILES string of the molecule is CC1Cc2cc(N)nnc2-c2ccccc21. The number of anilines is 1. The summed E-state index contributed by atoms with van der Waals surface area (Å²) in [5.41, 5.74) is 10.4. The normalized spacial score (nSPS) is 17.7. The molecule has 3 nitrogen and oxygen atoms in total. The maximum atomic E-state index is 5.67. The van der Waals surface area contributed by atoms with Gasteiger partial charge in [0.25, 0.3) is 0 Å². The van der Waals surface area contributed by atoms with Gasteiger partial charge in [0.15, 0.2) is 0 Å². The second-order valence-electron chi connectivity index (χ2n) is 4.34. The van der Waals surface area contributed by atoms with Crippen molar-refractivity contribution in [2.24, 2.45) is 0 Å². The van der Waals surface area contributed by atoms with E-state index in [0.29, 0.717) is 11.7 Å². The molecule has 2 N–H and O–H groups in total. The Morgan fingerprint density at radius 3 is 2.94 bits per heavy atom. The third-order valence-corrected chi connectivity index (χ3v) is 3.16. The fraction of sp³-hybridized carbons (Fsp3) is 0.231. The molecule has 1 heterocycles. The first-order valence-corrected chi connectivity index (χ1v) is 5.47. The lowest BCUT2D eigenvalue weighted by Crippen LogP contribution is -2.11. The van der Waals surface area contributed by atoms with E-state index in [4.69, 9.17) is 5.73 Å². The molecule has 1 aromatic carbocycles. The highest BCUT2D eigenvalue weighted by Gasteiger charge is 2.22. The first kappa shape index (κ1) is 9.33. The van der Waals surface area contributed by atoms with Gasteiger partial charge in [0.05, 0.1) is 5.69 Å². The van der Waals surface area contributed by atoms with Gasteiger partial charge in [-0.05, 0) is 29.5 Å². The van der Waals surface area contributed by atoms with Crippen LogP contribution in [0.25, 0.3) is 11.3 Å². The van der Waals surface area contributed by atoms with Gasteiger partial charge in [-0.2, -0.15) is 0 Å². The van der Waals surface area contributed by atoms with E-state index < -0.39 is 0 Å². The highest BCUT2D eigenvalue weighted by molar-refractivity contribution is 5.70. The number of hydrogen-bond donors (Lipinski definition) is 1. The van der Waals surface area contributed by atoms with Gasteiger partial charge in [-0.1, -0.05) is 31.2 Å². The molecule has 0 radical (unpaired) electrons. The van der Waals surface area contributed by atoms with Crippen LogP contribution in [0.1, 0.15) is 24.0 Å². The Labute approximate surface area is 94.3 Å². The van der Waals surface area contributed by atoms with Crippen molar-refractivity contribution in [1.29, 1.82) is 0 Å². The standard InChI is InChI=1S/C13H13N3/c1-8-6-9-7-12(14)15-16-13(9)11-5-3-2-4-10(8)11/h2-5,7-8H,6H2,1H3,(H2,14,15). The molecule has 0 spiro atoms. The Kier molecular flexibility index (Phi) is 1.93. The lowest BCUT2D eigenvalue weighted by molar-refractivity contribution is 0.739. The summed E-state index contributed by atoms with van der Waals surface area (Å²) in [4.78, 5) is 0. The number of hydrogen-bond acceptors (Lipinski definition) is 3. The van der Waals surface area contributed by atoms with E-state index in [2.05, 4.69) is 35.3 Å². The van der Waals surface area contributed by atoms with E-state index in [1.807, 2.05) is 12.1 Å². The minimum atomic E-state index is 0.505. The topological polar surface area (TPSA) is 51.8 Å². The van der Waals surface area contributed by atoms with Crippen molar-refractivity contribution in [1.82, 2.24) is 10.2 Å². The Bertz CT molecular complexity index is 549. The van der Waals surface area contributed by atoms with Crippen LogP contribution in [0.4, 0.5) is 5.82 Å². The molecule has 1 aromatic heterocycles. The molecule has 3 rings (SSSR count). The molecule has 2 aromatic rings. The van der Waals surface area contributed by atoms with Crippen molar-refractivity contribution >= 4 is 5.82 Å². The third kappa shape index (κ3) is 1.28. The van der Waals surface area contributed by atoms with Gasteiger partial charge in [-0.15, -0.1) is 10.2 Å². The second kappa shape index (κ2) is 3.30. The lowest BCUT2D eigenvalue weighted by atomic mass is 9.82. The van der Waals surface area contributed by atoms with Crippen LogP contribution in [0.15, 0.2) is 30.3 Å². The van der Waals surface area contributed by atoms with Crippen molar-refractivity contribution in [3.63, 3.8) is 0 Å². The smallest absolute Gasteiger partial charge is 0.146 e. The number of benzene rings is 1. The molecule has 1 unspecified atom stereocenters. The number of aromatic nitrogens is 2. The third-order valence-electron chi connectivity index (χ3n) is 3.16. The number of rotatable bonds is 0. The number of nitrogens with zero attached hydrogens (tertiary/aromatic N) is 2. The fourth-order valence-electron chi connectivity index (χ4n) is 2.41. The van der Waals surface area contributed by atoms with Crippen molar-refractivity contribution in [3.05, 3.63) is 41.5 Å². The number of fused-ring (bicyclic) bond motifs is 3. The molecule has 0 aliphatic heterocycles. The fourth-order valence-corrected chi connectivity index (χ4v) is 2.41. The van der Waals surface area contributed by atoms with Crippen molar-refractivity contribution in [2.75, 3.05) is 5.73 Å². The molecule has 80 valence electrons. The number of nitrogen functional groups attached to an aromatic ring is 1. The first-order chi connectivity index (χ1) is 7.75. The van der Waals surface area contributed by atoms with Gasteiger partial charge in [-0.3, -0.25) is 0 Å². The minimum absolute atomic E-state index is 0.505. The predicted octanol–water partition coefficient (Wildman–Crippen LogP) is 2.39. The van der Waals surface area contributed by atoms with Gasteiger partial charge >= 0.3 is 0 Å². The van der Waals surface area contributed by atoms with Crippen LogP contribution in [0, 0.1) is 0 Å². The maximum Gasteiger partial charge on any atom is 0.146 e. The zero-order valence-electron chi connectivity index (χ0n) is 9.14. The van der Waals surface area contributed by atoms with E-state index in [1.165, 1.54) is 16.7 Å². The molecule has 0 fully saturated rings. The molecule has 16 heavy (non-hydrogen) atoms. The summed E-state index contributed by atoms with van der Waals surface area (Å²) in [6.07, 6.45) is 0.992. The molecule has 1 atom stereocenters. The zero-order valence-corrected chi connectivity index (χ0v) is 9.14. The minimum Gasteiger partial charge on any atom is -0.382 e. The molecular weight excluding hydrogens is 198 g/mol. The molecular formula is C13H13N3. The molecule has 0 bridgehead atoms. The number of nitrogens with two attached hydrogens (primary N) is 1. The van der Waals surface area contributed by atoms with Crippen molar-refractivity contribution in [2.45, 2.75) is 19.3 Å². The highest BCUT2D eigenvalue weighted by Crippen LogP contribution is 2.37. The van der Waals surface area contributed by atoms with E-state index in [-0.39, 0.29) is 0 Å². The summed E-state index contributed by atoms with van der Waals surface area (Å²) in [5, 5.41) is 8.16. The van der Waals surface area contributed by atoms with E-state index in [0.717, 1.165) is 12.1 Å². The van der Waals surface area contributed by atoms with Gasteiger partial charge in [0.1, 0.15) is 5.82 Å². The van der Waals surface area contributed by atoms with Crippen LogP contribution in [-0.2, 0) is 6.42 Å². The molecule has 0 saturated carbocycles. The summed E-state index contributed by atoms with van der Waals surface area (Å²) in [6, 6.07) is 10.3. The van der Waals surface area contributed by atoms with E-state index in [1.54, 1.807) is 0 Å². The molecule has 1 aliphatic carbocycles. The Hall–Kier alpha value is -1.90. The van der Waals surface area contributed by atoms with Crippen LogP contribution in [-0.4, -0.2) is 10.2 Å². The average Bonchev–Trinajstić information content (AvgIpc) is 2.29.